The lowest BCUT2D eigenvalue weighted by Gasteiger charge is -2.37. The third-order valence-corrected chi connectivity index (χ3v) is 11.6. The molecule has 318 valence electrons. The molecule has 5 nitrogen and oxygen atoms in total. The van der Waals surface area contributed by atoms with Crippen LogP contribution in [0.5, 0.6) is 0 Å². The van der Waals surface area contributed by atoms with E-state index in [1.807, 2.05) is 63.3 Å². The number of hydrogen-bond acceptors (Lipinski definition) is 3. The summed E-state index contributed by atoms with van der Waals surface area (Å²) in [7, 11) is 0. The van der Waals surface area contributed by atoms with Gasteiger partial charge < -0.3 is 10.2 Å². The SMILES string of the molecule is C=CC.CC(C)CCN1/C(=C/C=C/C=C/C=C/CC2(c3cc([N+](=O)[O-])ccc3[NH2+]CCc3ccc(CC(C)C)cc3)CCCCC2)C(C)(C)c2cc(C(F)(F)F)ccc21. The van der Waals surface area contributed by atoms with Crippen LogP contribution in [0.25, 0.3) is 0 Å². The topological polar surface area (TPSA) is 63.0 Å². The summed E-state index contributed by atoms with van der Waals surface area (Å²) in [5, 5.41) is 14.2. The van der Waals surface area contributed by atoms with Crippen LogP contribution in [-0.2, 0) is 29.8 Å². The van der Waals surface area contributed by atoms with Crippen LogP contribution in [0.1, 0.15) is 121 Å². The summed E-state index contributed by atoms with van der Waals surface area (Å²) in [4.78, 5) is 13.9. The van der Waals surface area contributed by atoms with Gasteiger partial charge in [-0.05, 0) is 91.8 Å². The van der Waals surface area contributed by atoms with E-state index >= 15 is 0 Å². The Morgan fingerprint density at radius 2 is 1.51 bits per heavy atom. The summed E-state index contributed by atoms with van der Waals surface area (Å²) in [5.74, 6) is 1.08. The highest BCUT2D eigenvalue weighted by Crippen LogP contribution is 2.50. The van der Waals surface area contributed by atoms with Gasteiger partial charge in [0.2, 0.25) is 0 Å². The Labute approximate surface area is 352 Å². The van der Waals surface area contributed by atoms with Gasteiger partial charge in [0.25, 0.3) is 5.69 Å². The predicted molar refractivity (Wildman–Crippen MR) is 240 cm³/mol. The maximum atomic E-state index is 13.7. The van der Waals surface area contributed by atoms with Gasteiger partial charge in [-0.15, -0.1) is 6.58 Å². The minimum Gasteiger partial charge on any atom is -0.344 e. The molecule has 0 aromatic heterocycles. The molecule has 3 aromatic rings. The first-order valence-corrected chi connectivity index (χ1v) is 21.5. The standard InChI is InChI=1S/C48H60F3N3O2.C3H6/c1-35(2)26-31-53-44-24-21-39(48(49,50)51)33-42(44)46(5,6)45(53)16-12-9-7-8-10-13-27-47(28-14-11-15-29-47)41-34-40(54(55)56)22-23-43(41)52-30-25-37-17-19-38(20-18-37)32-36(3)4;1-3-2/h7-10,12-13,16-24,33-36,52H,11,14-15,25-32H2,1-6H3;3H,1H2,2H3/p+1/b8-7+,12-9+,13-10+,45-16+;. The monoisotopic (exact) mass is 811 g/mol. The smallest absolute Gasteiger partial charge is 0.344 e. The summed E-state index contributed by atoms with van der Waals surface area (Å²) in [6, 6.07) is 18.4. The Balaban J connectivity index is 0.00000248. The van der Waals surface area contributed by atoms with Gasteiger partial charge in [0.1, 0.15) is 5.69 Å². The number of nitro benzene ring substituents is 1. The number of non-ortho nitro benzene ring substituents is 1. The van der Waals surface area contributed by atoms with E-state index in [1.54, 1.807) is 18.2 Å². The highest BCUT2D eigenvalue weighted by Gasteiger charge is 2.42. The van der Waals surface area contributed by atoms with Gasteiger partial charge in [0.05, 0.1) is 17.0 Å². The van der Waals surface area contributed by atoms with E-state index in [-0.39, 0.29) is 16.0 Å². The largest absolute Gasteiger partial charge is 0.416 e. The molecule has 8 heteroatoms. The van der Waals surface area contributed by atoms with E-state index in [4.69, 9.17) is 0 Å². The van der Waals surface area contributed by atoms with Crippen molar-refractivity contribution in [3.8, 4) is 0 Å². The number of halogens is 3. The van der Waals surface area contributed by atoms with Crippen LogP contribution in [0, 0.1) is 22.0 Å². The highest BCUT2D eigenvalue weighted by molar-refractivity contribution is 5.71. The van der Waals surface area contributed by atoms with E-state index in [9.17, 15) is 23.3 Å². The second-order valence-corrected chi connectivity index (χ2v) is 17.6. The number of fused-ring (bicyclic) bond motifs is 1. The molecule has 0 spiro atoms. The first kappa shape index (κ1) is 47.0. The average molecular weight is 811 g/mol. The lowest BCUT2D eigenvalue weighted by molar-refractivity contribution is -0.571. The van der Waals surface area contributed by atoms with Crippen LogP contribution in [0.3, 0.4) is 0 Å². The Bertz CT molecular complexity index is 1960. The maximum absolute atomic E-state index is 13.7. The summed E-state index contributed by atoms with van der Waals surface area (Å²) in [6.07, 6.45) is 20.6. The number of nitrogens with two attached hydrogens (primary N) is 1. The predicted octanol–water partition coefficient (Wildman–Crippen LogP) is 13.4. The van der Waals surface area contributed by atoms with Crippen LogP contribution in [-0.4, -0.2) is 18.0 Å². The molecule has 3 aromatic carbocycles. The van der Waals surface area contributed by atoms with Gasteiger partial charge in [0, 0.05) is 58.9 Å². The van der Waals surface area contributed by atoms with Crippen LogP contribution >= 0.6 is 0 Å². The molecule has 0 atom stereocenters. The van der Waals surface area contributed by atoms with Crippen LogP contribution in [0.4, 0.5) is 30.2 Å². The van der Waals surface area contributed by atoms with E-state index in [0.29, 0.717) is 17.4 Å². The summed E-state index contributed by atoms with van der Waals surface area (Å²) in [5.41, 5.74) is 6.13. The van der Waals surface area contributed by atoms with Gasteiger partial charge in [-0.3, -0.25) is 10.1 Å². The number of quaternary nitrogens is 1. The molecule has 0 bridgehead atoms. The average Bonchev–Trinajstić information content (AvgIpc) is 3.40. The van der Waals surface area contributed by atoms with Crippen LogP contribution < -0.4 is 10.2 Å². The quantitative estimate of drug-likeness (QED) is 0.0515. The molecular weight excluding hydrogens is 744 g/mol. The summed E-state index contributed by atoms with van der Waals surface area (Å²) >= 11 is 0. The molecule has 1 aliphatic carbocycles. The van der Waals surface area contributed by atoms with E-state index in [2.05, 4.69) is 80.9 Å². The lowest BCUT2D eigenvalue weighted by Crippen LogP contribution is -2.79. The molecule has 0 saturated heterocycles. The van der Waals surface area contributed by atoms with Crippen molar-refractivity contribution in [2.75, 3.05) is 18.0 Å². The number of rotatable bonds is 16. The molecule has 5 rings (SSSR count). The number of hydrogen-bond donors (Lipinski definition) is 1. The lowest BCUT2D eigenvalue weighted by atomic mass is 9.66. The van der Waals surface area contributed by atoms with E-state index < -0.39 is 17.2 Å². The number of anilines is 1. The molecular formula is C51H67F3N3O2+. The zero-order chi connectivity index (χ0) is 43.2. The highest BCUT2D eigenvalue weighted by atomic mass is 19.4. The fourth-order valence-electron chi connectivity index (χ4n) is 8.51. The molecule has 0 radical (unpaired) electrons. The maximum Gasteiger partial charge on any atom is 0.416 e. The second kappa shape index (κ2) is 21.5. The molecule has 2 N–H and O–H groups in total. The van der Waals surface area contributed by atoms with Crippen molar-refractivity contribution in [2.24, 2.45) is 11.8 Å². The summed E-state index contributed by atoms with van der Waals surface area (Å²) < 4.78 is 41.0. The van der Waals surface area contributed by atoms with Crippen molar-refractivity contribution >= 4 is 17.1 Å². The Kier molecular flexibility index (Phi) is 17.1. The number of nitro groups is 1. The van der Waals surface area contributed by atoms with Crippen molar-refractivity contribution in [1.29, 1.82) is 0 Å². The zero-order valence-electron chi connectivity index (χ0n) is 36.5. The molecule has 1 aliphatic heterocycles. The molecule has 0 amide bonds. The van der Waals surface area contributed by atoms with Gasteiger partial charge >= 0.3 is 6.18 Å². The van der Waals surface area contributed by atoms with E-state index in [1.165, 1.54) is 29.7 Å². The normalized spacial score (nSPS) is 17.0. The Morgan fingerprint density at radius 1 is 0.864 bits per heavy atom. The first-order valence-electron chi connectivity index (χ1n) is 21.5. The van der Waals surface area contributed by atoms with Gasteiger partial charge in [-0.1, -0.05) is 128 Å². The second-order valence-electron chi connectivity index (χ2n) is 17.6. The third kappa shape index (κ3) is 12.9. The Hall–Kier alpha value is -4.69. The number of allylic oxidation sites excluding steroid dienone is 9. The molecule has 2 aliphatic rings. The first-order chi connectivity index (χ1) is 28.0. The minimum absolute atomic E-state index is 0.142. The Morgan fingerprint density at radius 3 is 2.14 bits per heavy atom. The van der Waals surface area contributed by atoms with Crippen LogP contribution in [0.2, 0.25) is 0 Å². The fraction of sp³-hybridized carbons (Fsp3) is 0.451. The molecule has 1 saturated carbocycles. The fourth-order valence-corrected chi connectivity index (χ4v) is 8.51. The number of nitrogens with zero attached hydrogens (tertiary/aromatic N) is 2. The van der Waals surface area contributed by atoms with Crippen molar-refractivity contribution < 1.29 is 23.4 Å². The number of alkyl halides is 3. The number of benzene rings is 3. The van der Waals surface area contributed by atoms with Crippen molar-refractivity contribution in [3.05, 3.63) is 159 Å². The van der Waals surface area contributed by atoms with Gasteiger partial charge in [-0.25, -0.2) is 0 Å². The molecule has 1 fully saturated rings. The van der Waals surface area contributed by atoms with Crippen LogP contribution in [0.15, 0.2) is 122 Å². The van der Waals surface area contributed by atoms with Crippen molar-refractivity contribution in [3.63, 3.8) is 0 Å². The zero-order valence-corrected chi connectivity index (χ0v) is 36.5. The molecule has 59 heavy (non-hydrogen) atoms. The minimum atomic E-state index is -4.39. The van der Waals surface area contributed by atoms with Crippen molar-refractivity contribution in [1.82, 2.24) is 0 Å². The molecule has 0 unspecified atom stereocenters. The van der Waals surface area contributed by atoms with Crippen molar-refractivity contribution in [2.45, 2.75) is 123 Å². The molecule has 1 heterocycles. The van der Waals surface area contributed by atoms with Gasteiger partial charge in [-0.2, -0.15) is 13.2 Å². The van der Waals surface area contributed by atoms with Gasteiger partial charge in [0.15, 0.2) is 0 Å². The van der Waals surface area contributed by atoms with E-state index in [0.717, 1.165) is 87.1 Å². The third-order valence-electron chi connectivity index (χ3n) is 11.6. The summed E-state index contributed by atoms with van der Waals surface area (Å²) in [6.45, 7) is 19.6.